The first-order valence-electron chi connectivity index (χ1n) is 4.96. The molecule has 0 saturated heterocycles. The Balaban J connectivity index is 2.76. The molecule has 0 spiro atoms. The van der Waals surface area contributed by atoms with Crippen molar-refractivity contribution in [1.29, 1.82) is 0 Å². The monoisotopic (exact) mass is 260 g/mol. The van der Waals surface area contributed by atoms with Gasteiger partial charge in [0.05, 0.1) is 6.21 Å². The maximum atomic E-state index is 8.39. The Morgan fingerprint density at radius 2 is 1.69 bits per heavy atom. The summed E-state index contributed by atoms with van der Waals surface area (Å²) >= 11 is 11.4. The zero-order chi connectivity index (χ0) is 11.8. The van der Waals surface area contributed by atoms with E-state index in [-0.39, 0.29) is 0 Å². The molecule has 0 atom stereocenters. The molecule has 1 rings (SSSR count). The standard InChI is InChI=1S/C11H14Cl2N2O/c12-5-7-15(8-6-13)11-3-1-10(2-4-11)9-14-16/h1-4,9,16H,5-8H2/b14-9-. The average Bonchev–Trinajstić information content (AvgIpc) is 2.30. The van der Waals surface area contributed by atoms with Crippen LogP contribution in [0.15, 0.2) is 29.4 Å². The molecule has 5 heteroatoms. The number of nitrogens with zero attached hydrogens (tertiary/aromatic N) is 2. The van der Waals surface area contributed by atoms with Crippen LogP contribution in [0.3, 0.4) is 0 Å². The third kappa shape index (κ3) is 3.91. The molecule has 0 bridgehead atoms. The molecule has 0 aliphatic heterocycles. The van der Waals surface area contributed by atoms with Crippen molar-refractivity contribution in [2.75, 3.05) is 29.7 Å². The van der Waals surface area contributed by atoms with Gasteiger partial charge in [-0.2, -0.15) is 0 Å². The van der Waals surface area contributed by atoms with Crippen LogP contribution in [0.2, 0.25) is 0 Å². The summed E-state index contributed by atoms with van der Waals surface area (Å²) in [7, 11) is 0. The first-order valence-corrected chi connectivity index (χ1v) is 6.03. The van der Waals surface area contributed by atoms with Crippen molar-refractivity contribution >= 4 is 35.1 Å². The van der Waals surface area contributed by atoms with E-state index >= 15 is 0 Å². The molecule has 16 heavy (non-hydrogen) atoms. The Labute approximate surface area is 105 Å². The van der Waals surface area contributed by atoms with Gasteiger partial charge in [0.25, 0.3) is 0 Å². The first kappa shape index (κ1) is 13.1. The van der Waals surface area contributed by atoms with Gasteiger partial charge in [0.1, 0.15) is 0 Å². The minimum absolute atomic E-state index is 0.566. The van der Waals surface area contributed by atoms with Crippen LogP contribution in [-0.4, -0.2) is 36.3 Å². The third-order valence-corrected chi connectivity index (χ3v) is 2.51. The van der Waals surface area contributed by atoms with Gasteiger partial charge in [0, 0.05) is 30.5 Å². The van der Waals surface area contributed by atoms with Gasteiger partial charge >= 0.3 is 0 Å². The van der Waals surface area contributed by atoms with E-state index < -0.39 is 0 Å². The van der Waals surface area contributed by atoms with E-state index in [1.54, 1.807) is 0 Å². The van der Waals surface area contributed by atoms with Crippen molar-refractivity contribution in [2.45, 2.75) is 0 Å². The maximum Gasteiger partial charge on any atom is 0.0733 e. The van der Waals surface area contributed by atoms with E-state index in [2.05, 4.69) is 10.1 Å². The quantitative estimate of drug-likeness (QED) is 0.370. The third-order valence-electron chi connectivity index (χ3n) is 2.17. The molecule has 1 N–H and O–H groups in total. The van der Waals surface area contributed by atoms with E-state index in [4.69, 9.17) is 28.4 Å². The van der Waals surface area contributed by atoms with Crippen molar-refractivity contribution in [3.63, 3.8) is 0 Å². The van der Waals surface area contributed by atoms with Gasteiger partial charge in [-0.1, -0.05) is 17.3 Å². The number of hydrogen-bond acceptors (Lipinski definition) is 3. The van der Waals surface area contributed by atoms with Crippen molar-refractivity contribution in [3.8, 4) is 0 Å². The zero-order valence-electron chi connectivity index (χ0n) is 8.81. The Morgan fingerprint density at radius 3 is 2.12 bits per heavy atom. The summed E-state index contributed by atoms with van der Waals surface area (Å²) in [5.74, 6) is 1.13. The van der Waals surface area contributed by atoms with Crippen molar-refractivity contribution in [3.05, 3.63) is 29.8 Å². The summed E-state index contributed by atoms with van der Waals surface area (Å²) in [6.07, 6.45) is 1.39. The topological polar surface area (TPSA) is 35.8 Å². The number of benzene rings is 1. The molecule has 3 nitrogen and oxygen atoms in total. The van der Waals surface area contributed by atoms with Crippen LogP contribution in [0.25, 0.3) is 0 Å². The van der Waals surface area contributed by atoms with Gasteiger partial charge in [0.15, 0.2) is 0 Å². The molecule has 0 fully saturated rings. The molecule has 0 aliphatic rings. The fraction of sp³-hybridized carbons (Fsp3) is 0.364. The Hall–Kier alpha value is -0.930. The Bertz CT molecular complexity index is 321. The number of hydrogen-bond donors (Lipinski definition) is 1. The second-order valence-corrected chi connectivity index (χ2v) is 3.96. The Kier molecular flexibility index (Phi) is 6.04. The van der Waals surface area contributed by atoms with Gasteiger partial charge in [-0.15, -0.1) is 23.2 Å². The number of halogens is 2. The molecule has 0 radical (unpaired) electrons. The minimum atomic E-state index is 0.566. The predicted molar refractivity (Wildman–Crippen MR) is 69.5 cm³/mol. The summed E-state index contributed by atoms with van der Waals surface area (Å²) in [5.41, 5.74) is 1.92. The SMILES string of the molecule is O/N=C\c1ccc(N(CCCl)CCCl)cc1. The summed E-state index contributed by atoms with van der Waals surface area (Å²) in [4.78, 5) is 2.11. The highest BCUT2D eigenvalue weighted by molar-refractivity contribution is 6.18. The number of anilines is 1. The van der Waals surface area contributed by atoms with Crippen LogP contribution in [0.4, 0.5) is 5.69 Å². The smallest absolute Gasteiger partial charge is 0.0733 e. The highest BCUT2D eigenvalue weighted by Gasteiger charge is 2.04. The molecule has 0 saturated carbocycles. The lowest BCUT2D eigenvalue weighted by molar-refractivity contribution is 0.322. The van der Waals surface area contributed by atoms with Crippen LogP contribution in [-0.2, 0) is 0 Å². The van der Waals surface area contributed by atoms with E-state index in [1.165, 1.54) is 6.21 Å². The summed E-state index contributed by atoms with van der Waals surface area (Å²) in [5, 5.41) is 11.4. The lowest BCUT2D eigenvalue weighted by Crippen LogP contribution is -2.27. The van der Waals surface area contributed by atoms with Crippen molar-refractivity contribution in [1.82, 2.24) is 0 Å². The van der Waals surface area contributed by atoms with Crippen LogP contribution in [0.5, 0.6) is 0 Å². The van der Waals surface area contributed by atoms with Gasteiger partial charge in [0.2, 0.25) is 0 Å². The van der Waals surface area contributed by atoms with Crippen LogP contribution in [0.1, 0.15) is 5.56 Å². The van der Waals surface area contributed by atoms with Gasteiger partial charge in [-0.05, 0) is 17.7 Å². The predicted octanol–water partition coefficient (Wildman–Crippen LogP) is 2.78. The number of rotatable bonds is 6. The maximum absolute atomic E-state index is 8.39. The van der Waals surface area contributed by atoms with E-state index in [9.17, 15) is 0 Å². The van der Waals surface area contributed by atoms with Crippen LogP contribution in [0, 0.1) is 0 Å². The summed E-state index contributed by atoms with van der Waals surface area (Å²) < 4.78 is 0. The fourth-order valence-electron chi connectivity index (χ4n) is 1.41. The van der Waals surface area contributed by atoms with E-state index in [0.717, 1.165) is 24.3 Å². The largest absolute Gasteiger partial charge is 0.411 e. The van der Waals surface area contributed by atoms with Crippen molar-refractivity contribution in [2.24, 2.45) is 5.16 Å². The minimum Gasteiger partial charge on any atom is -0.411 e. The number of alkyl halides is 2. The molecule has 0 heterocycles. The molecule has 1 aromatic carbocycles. The summed E-state index contributed by atoms with van der Waals surface area (Å²) in [6, 6.07) is 7.67. The molecular formula is C11H14Cl2N2O. The van der Waals surface area contributed by atoms with Crippen LogP contribution < -0.4 is 4.90 Å². The first-order chi connectivity index (χ1) is 7.81. The molecule has 0 aromatic heterocycles. The van der Waals surface area contributed by atoms with Gasteiger partial charge in [-0.25, -0.2) is 0 Å². The average molecular weight is 261 g/mol. The highest BCUT2D eigenvalue weighted by Crippen LogP contribution is 2.14. The molecule has 0 aliphatic carbocycles. The second kappa shape index (κ2) is 7.36. The molecular weight excluding hydrogens is 247 g/mol. The molecule has 0 unspecified atom stereocenters. The molecule has 1 aromatic rings. The fourth-order valence-corrected chi connectivity index (χ4v) is 1.82. The zero-order valence-corrected chi connectivity index (χ0v) is 10.3. The summed E-state index contributed by atoms with van der Waals surface area (Å²) in [6.45, 7) is 1.53. The lowest BCUT2D eigenvalue weighted by Gasteiger charge is -2.22. The van der Waals surface area contributed by atoms with Crippen LogP contribution >= 0.6 is 23.2 Å². The highest BCUT2D eigenvalue weighted by atomic mass is 35.5. The van der Waals surface area contributed by atoms with Gasteiger partial charge in [-0.3, -0.25) is 0 Å². The lowest BCUT2D eigenvalue weighted by atomic mass is 10.2. The molecule has 88 valence electrons. The second-order valence-electron chi connectivity index (χ2n) is 3.20. The van der Waals surface area contributed by atoms with E-state index in [1.807, 2.05) is 24.3 Å². The van der Waals surface area contributed by atoms with E-state index in [0.29, 0.717) is 11.8 Å². The van der Waals surface area contributed by atoms with Gasteiger partial charge < -0.3 is 10.1 Å². The molecule has 0 amide bonds. The normalized spacial score (nSPS) is 10.9. The number of oxime groups is 1. The Morgan fingerprint density at radius 1 is 1.12 bits per heavy atom. The van der Waals surface area contributed by atoms with Crippen molar-refractivity contribution < 1.29 is 5.21 Å².